The van der Waals surface area contributed by atoms with Gasteiger partial charge in [0.1, 0.15) is 17.7 Å². The molecule has 0 unspecified atom stereocenters. The Morgan fingerprint density at radius 2 is 1.64 bits per heavy atom. The van der Waals surface area contributed by atoms with E-state index in [9.17, 15) is 14.4 Å². The smallest absolute Gasteiger partial charge is 0.412 e. The topological polar surface area (TPSA) is 112 Å². The molecule has 3 aromatic rings. The standard InChI is InChI=1S/C33H42N4O5/c1-22(2)35-29-30(39)37(21-28(38)41-32(3,4)5)27(20-34-29)25-17-24(16-12-15-23-13-10-9-11-14-23)18-26(19-25)36-31(40)42-33(6,7)8/h9-14,16-20,22H,15,21H2,1-8H3,(H,34,35)(H,36,40)/b16-12+. The van der Waals surface area contributed by atoms with Crippen molar-refractivity contribution < 1.29 is 19.1 Å². The maximum Gasteiger partial charge on any atom is 0.412 e. The first-order valence-corrected chi connectivity index (χ1v) is 14.0. The summed E-state index contributed by atoms with van der Waals surface area (Å²) >= 11 is 0. The Morgan fingerprint density at radius 3 is 2.26 bits per heavy atom. The van der Waals surface area contributed by atoms with Crippen molar-refractivity contribution in [2.75, 3.05) is 10.6 Å². The molecule has 42 heavy (non-hydrogen) atoms. The molecular weight excluding hydrogens is 532 g/mol. The molecule has 0 bridgehead atoms. The molecule has 0 spiro atoms. The fraction of sp³-hybridized carbons (Fsp3) is 0.394. The second-order valence-corrected chi connectivity index (χ2v) is 12.3. The molecular formula is C33H42N4O5. The number of hydrogen-bond donors (Lipinski definition) is 2. The number of allylic oxidation sites excluding steroid dienone is 1. The predicted molar refractivity (Wildman–Crippen MR) is 168 cm³/mol. The van der Waals surface area contributed by atoms with Crippen LogP contribution in [0.2, 0.25) is 0 Å². The highest BCUT2D eigenvalue weighted by molar-refractivity contribution is 5.87. The van der Waals surface area contributed by atoms with Crippen LogP contribution in [0.4, 0.5) is 16.3 Å². The SMILES string of the molecule is CC(C)Nc1ncc(-c2cc(/C=C/Cc3ccccc3)cc(NC(=O)OC(C)(C)C)c2)n(CC(=O)OC(C)(C)C)c1=O. The molecule has 0 radical (unpaired) electrons. The van der Waals surface area contributed by atoms with Gasteiger partial charge in [0.15, 0.2) is 5.82 Å². The molecule has 9 heteroatoms. The van der Waals surface area contributed by atoms with E-state index in [2.05, 4.69) is 15.6 Å². The lowest BCUT2D eigenvalue weighted by atomic mass is 10.0. The van der Waals surface area contributed by atoms with Gasteiger partial charge in [0.05, 0.1) is 11.9 Å². The molecule has 1 aromatic heterocycles. The monoisotopic (exact) mass is 574 g/mol. The van der Waals surface area contributed by atoms with Gasteiger partial charge in [-0.15, -0.1) is 0 Å². The lowest BCUT2D eigenvalue weighted by Crippen LogP contribution is -2.33. The summed E-state index contributed by atoms with van der Waals surface area (Å²) in [6, 6.07) is 15.4. The van der Waals surface area contributed by atoms with Crippen molar-refractivity contribution in [1.82, 2.24) is 9.55 Å². The molecule has 1 heterocycles. The van der Waals surface area contributed by atoms with E-state index in [1.54, 1.807) is 53.8 Å². The zero-order chi connectivity index (χ0) is 31.1. The zero-order valence-corrected chi connectivity index (χ0v) is 25.8. The van der Waals surface area contributed by atoms with Crippen LogP contribution in [0.1, 0.15) is 66.5 Å². The number of aromatic nitrogens is 2. The van der Waals surface area contributed by atoms with Crippen LogP contribution in [0, 0.1) is 0 Å². The number of carbonyl (C=O) groups excluding carboxylic acids is 2. The molecule has 0 aliphatic carbocycles. The molecule has 0 aliphatic heterocycles. The lowest BCUT2D eigenvalue weighted by molar-refractivity contribution is -0.155. The molecule has 224 valence electrons. The minimum absolute atomic E-state index is 0.0475. The van der Waals surface area contributed by atoms with Crippen molar-refractivity contribution in [1.29, 1.82) is 0 Å². The number of rotatable bonds is 9. The summed E-state index contributed by atoms with van der Waals surface area (Å²) in [7, 11) is 0. The van der Waals surface area contributed by atoms with Crippen LogP contribution in [-0.4, -0.2) is 38.9 Å². The molecule has 9 nitrogen and oxygen atoms in total. The van der Waals surface area contributed by atoms with Crippen LogP contribution >= 0.6 is 0 Å². The number of amides is 1. The van der Waals surface area contributed by atoms with Crippen molar-refractivity contribution in [2.24, 2.45) is 0 Å². The van der Waals surface area contributed by atoms with Crippen LogP contribution in [0.5, 0.6) is 0 Å². The Labute approximate surface area is 248 Å². The van der Waals surface area contributed by atoms with Gasteiger partial charge in [0.2, 0.25) is 0 Å². The predicted octanol–water partition coefficient (Wildman–Crippen LogP) is 6.68. The number of nitrogens with one attached hydrogen (secondary N) is 2. The molecule has 2 aromatic carbocycles. The number of esters is 1. The van der Waals surface area contributed by atoms with Gasteiger partial charge in [0, 0.05) is 17.3 Å². The highest BCUT2D eigenvalue weighted by Crippen LogP contribution is 2.26. The third-order valence-corrected chi connectivity index (χ3v) is 5.59. The quantitative estimate of drug-likeness (QED) is 0.274. The van der Waals surface area contributed by atoms with Gasteiger partial charge in [-0.05, 0) is 91.1 Å². The van der Waals surface area contributed by atoms with Crippen LogP contribution in [0.15, 0.2) is 65.6 Å². The highest BCUT2D eigenvalue weighted by Gasteiger charge is 2.22. The fourth-order valence-corrected chi connectivity index (χ4v) is 4.09. The molecule has 0 aliphatic rings. The van der Waals surface area contributed by atoms with Crippen LogP contribution in [-0.2, 0) is 27.2 Å². The van der Waals surface area contributed by atoms with Gasteiger partial charge >= 0.3 is 12.1 Å². The van der Waals surface area contributed by atoms with Crippen molar-refractivity contribution in [3.63, 3.8) is 0 Å². The molecule has 0 atom stereocenters. The Hall–Kier alpha value is -4.40. The summed E-state index contributed by atoms with van der Waals surface area (Å²) in [5, 5.41) is 5.84. The van der Waals surface area contributed by atoms with E-state index in [1.807, 2.05) is 68.5 Å². The maximum atomic E-state index is 13.6. The Kier molecular flexibility index (Phi) is 10.3. The molecule has 1 amide bonds. The highest BCUT2D eigenvalue weighted by atomic mass is 16.6. The number of benzene rings is 2. The largest absolute Gasteiger partial charge is 0.459 e. The first-order chi connectivity index (χ1) is 19.6. The second kappa shape index (κ2) is 13.5. The number of nitrogens with zero attached hydrogens (tertiary/aromatic N) is 2. The van der Waals surface area contributed by atoms with E-state index in [4.69, 9.17) is 9.47 Å². The molecule has 3 rings (SSSR count). The van der Waals surface area contributed by atoms with E-state index in [0.29, 0.717) is 23.4 Å². The van der Waals surface area contributed by atoms with Crippen molar-refractivity contribution >= 4 is 29.6 Å². The van der Waals surface area contributed by atoms with E-state index in [-0.39, 0.29) is 18.4 Å². The van der Waals surface area contributed by atoms with Gasteiger partial charge < -0.3 is 14.8 Å². The molecule has 0 fully saturated rings. The molecule has 0 saturated heterocycles. The summed E-state index contributed by atoms with van der Waals surface area (Å²) < 4.78 is 12.3. The molecule has 2 N–H and O–H groups in total. The van der Waals surface area contributed by atoms with E-state index >= 15 is 0 Å². The Morgan fingerprint density at radius 1 is 0.976 bits per heavy atom. The first-order valence-electron chi connectivity index (χ1n) is 14.0. The van der Waals surface area contributed by atoms with Gasteiger partial charge in [-0.25, -0.2) is 9.78 Å². The third kappa shape index (κ3) is 10.2. The van der Waals surface area contributed by atoms with Gasteiger partial charge in [-0.3, -0.25) is 19.5 Å². The average molecular weight is 575 g/mol. The summed E-state index contributed by atoms with van der Waals surface area (Å²) in [6.07, 6.45) is 5.60. The van der Waals surface area contributed by atoms with E-state index in [0.717, 1.165) is 11.1 Å². The minimum Gasteiger partial charge on any atom is -0.459 e. The van der Waals surface area contributed by atoms with Crippen LogP contribution in [0.25, 0.3) is 17.3 Å². The summed E-state index contributed by atoms with van der Waals surface area (Å²) in [5.74, 6) is -0.429. The Bertz CT molecular complexity index is 1480. The number of hydrogen-bond acceptors (Lipinski definition) is 7. The van der Waals surface area contributed by atoms with Gasteiger partial charge in [-0.1, -0.05) is 42.5 Å². The summed E-state index contributed by atoms with van der Waals surface area (Å²) in [6.45, 7) is 14.1. The van der Waals surface area contributed by atoms with Crippen molar-refractivity contribution in [3.05, 3.63) is 82.3 Å². The molecule has 0 saturated carbocycles. The number of ether oxygens (including phenoxy) is 2. The second-order valence-electron chi connectivity index (χ2n) is 12.3. The summed E-state index contributed by atoms with van der Waals surface area (Å²) in [4.78, 5) is 43.5. The zero-order valence-electron chi connectivity index (χ0n) is 25.8. The van der Waals surface area contributed by atoms with Crippen LogP contribution < -0.4 is 16.2 Å². The number of anilines is 2. The fourth-order valence-electron chi connectivity index (χ4n) is 4.09. The first kappa shape index (κ1) is 32.1. The average Bonchev–Trinajstić information content (AvgIpc) is 2.84. The maximum absolute atomic E-state index is 13.6. The minimum atomic E-state index is -0.721. The summed E-state index contributed by atoms with van der Waals surface area (Å²) in [5.41, 5.74) is 1.49. The van der Waals surface area contributed by atoms with Gasteiger partial charge in [-0.2, -0.15) is 0 Å². The lowest BCUT2D eigenvalue weighted by Gasteiger charge is -2.22. The van der Waals surface area contributed by atoms with Crippen molar-refractivity contribution in [2.45, 2.75) is 85.6 Å². The van der Waals surface area contributed by atoms with Crippen LogP contribution in [0.3, 0.4) is 0 Å². The van der Waals surface area contributed by atoms with E-state index < -0.39 is 28.8 Å². The Balaban J connectivity index is 2.10. The third-order valence-electron chi connectivity index (χ3n) is 5.59. The van der Waals surface area contributed by atoms with Crippen molar-refractivity contribution in [3.8, 4) is 11.3 Å². The number of carbonyl (C=O) groups is 2. The van der Waals surface area contributed by atoms with Gasteiger partial charge in [0.25, 0.3) is 5.56 Å². The van der Waals surface area contributed by atoms with E-state index in [1.165, 1.54) is 4.57 Å². The normalized spacial score (nSPS) is 11.9.